The molecule has 0 aliphatic carbocycles. The number of methoxy groups -OCH3 is 1. The van der Waals surface area contributed by atoms with Gasteiger partial charge in [0.05, 0.1) is 12.4 Å². The predicted octanol–water partition coefficient (Wildman–Crippen LogP) is 0.709. The van der Waals surface area contributed by atoms with Crippen LogP contribution in [0.5, 0.6) is 0 Å². The van der Waals surface area contributed by atoms with E-state index >= 15 is 0 Å². The lowest BCUT2D eigenvalue weighted by Crippen LogP contribution is -2.38. The van der Waals surface area contributed by atoms with Crippen molar-refractivity contribution in [2.75, 3.05) is 26.7 Å². The van der Waals surface area contributed by atoms with Gasteiger partial charge in [-0.1, -0.05) is 30.3 Å². The first-order chi connectivity index (χ1) is 11.0. The van der Waals surface area contributed by atoms with Crippen LogP contribution in [0.4, 0.5) is 0 Å². The highest BCUT2D eigenvalue weighted by Gasteiger charge is 2.42. The number of carbonyl (C=O) groups is 1. The molecule has 2 fully saturated rings. The standard InChI is InChI=1S/C16H22N2O4S/c1-22-16(19)15-9-14(10-17-15)23(20,21)18-8-7-13(11-18)12-5-3-2-4-6-12/h2-6,13-15,17H,7-11H2,1H3. The van der Waals surface area contributed by atoms with Gasteiger partial charge in [0.1, 0.15) is 6.04 Å². The van der Waals surface area contributed by atoms with Crippen LogP contribution >= 0.6 is 0 Å². The highest BCUT2D eigenvalue weighted by Crippen LogP contribution is 2.31. The number of sulfonamides is 1. The van der Waals surface area contributed by atoms with Crippen molar-refractivity contribution in [3.63, 3.8) is 0 Å². The highest BCUT2D eigenvalue weighted by atomic mass is 32.2. The normalized spacial score (nSPS) is 28.8. The maximum Gasteiger partial charge on any atom is 0.322 e. The summed E-state index contributed by atoms with van der Waals surface area (Å²) in [6.45, 7) is 1.36. The molecule has 0 saturated carbocycles. The summed E-state index contributed by atoms with van der Waals surface area (Å²) in [5, 5.41) is 2.39. The first-order valence-electron chi connectivity index (χ1n) is 7.87. The Labute approximate surface area is 136 Å². The van der Waals surface area contributed by atoms with Gasteiger partial charge < -0.3 is 10.1 Å². The van der Waals surface area contributed by atoms with Crippen molar-refractivity contribution in [2.24, 2.45) is 0 Å². The second-order valence-corrected chi connectivity index (χ2v) is 8.35. The third-order valence-electron chi connectivity index (χ3n) is 4.78. The summed E-state index contributed by atoms with van der Waals surface area (Å²) in [6, 6.07) is 9.50. The second kappa shape index (κ2) is 6.59. The van der Waals surface area contributed by atoms with Gasteiger partial charge in [-0.15, -0.1) is 0 Å². The lowest BCUT2D eigenvalue weighted by molar-refractivity contribution is -0.142. The number of esters is 1. The van der Waals surface area contributed by atoms with E-state index < -0.39 is 27.3 Å². The lowest BCUT2D eigenvalue weighted by Gasteiger charge is -2.21. The molecular weight excluding hydrogens is 316 g/mol. The Bertz CT molecular complexity index is 662. The topological polar surface area (TPSA) is 75.7 Å². The monoisotopic (exact) mass is 338 g/mol. The average Bonchev–Trinajstić information content (AvgIpc) is 3.25. The lowest BCUT2D eigenvalue weighted by atomic mass is 9.99. The fraction of sp³-hybridized carbons (Fsp3) is 0.562. The Morgan fingerprint density at radius 2 is 2.04 bits per heavy atom. The van der Waals surface area contributed by atoms with Crippen LogP contribution in [0.15, 0.2) is 30.3 Å². The maximum atomic E-state index is 12.8. The first-order valence-corrected chi connectivity index (χ1v) is 9.38. The van der Waals surface area contributed by atoms with Crippen molar-refractivity contribution in [1.82, 2.24) is 9.62 Å². The van der Waals surface area contributed by atoms with Gasteiger partial charge >= 0.3 is 5.97 Å². The van der Waals surface area contributed by atoms with Gasteiger partial charge in [-0.3, -0.25) is 4.79 Å². The summed E-state index contributed by atoms with van der Waals surface area (Å²) >= 11 is 0. The van der Waals surface area contributed by atoms with Gasteiger partial charge in [-0.2, -0.15) is 0 Å². The molecule has 1 N–H and O–H groups in total. The van der Waals surface area contributed by atoms with E-state index in [-0.39, 0.29) is 12.3 Å². The molecule has 3 atom stereocenters. The first kappa shape index (κ1) is 16.4. The van der Waals surface area contributed by atoms with Crippen LogP contribution < -0.4 is 5.32 Å². The van der Waals surface area contributed by atoms with Crippen LogP contribution in [0.3, 0.4) is 0 Å². The summed E-state index contributed by atoms with van der Waals surface area (Å²) in [5.74, 6) is -0.150. The van der Waals surface area contributed by atoms with E-state index in [4.69, 9.17) is 0 Å². The fourth-order valence-electron chi connectivity index (χ4n) is 3.42. The number of hydrogen-bond donors (Lipinski definition) is 1. The average molecular weight is 338 g/mol. The summed E-state index contributed by atoms with van der Waals surface area (Å²) in [6.07, 6.45) is 1.12. The van der Waals surface area contributed by atoms with Gasteiger partial charge in [-0.05, 0) is 24.3 Å². The minimum absolute atomic E-state index is 0.247. The zero-order valence-corrected chi connectivity index (χ0v) is 14.0. The summed E-state index contributed by atoms with van der Waals surface area (Å²) in [5.41, 5.74) is 1.18. The molecule has 0 radical (unpaired) electrons. The molecule has 0 bridgehead atoms. The molecule has 3 unspecified atom stereocenters. The molecule has 2 aliphatic heterocycles. The SMILES string of the molecule is COC(=O)C1CC(S(=O)(=O)N2CCC(c3ccccc3)C2)CN1. The third-order valence-corrected chi connectivity index (χ3v) is 7.03. The number of carbonyl (C=O) groups excluding carboxylic acids is 1. The number of ether oxygens (including phenoxy) is 1. The number of rotatable bonds is 4. The van der Waals surface area contributed by atoms with E-state index in [0.717, 1.165) is 6.42 Å². The van der Waals surface area contributed by atoms with Gasteiger partial charge in [0, 0.05) is 19.6 Å². The van der Waals surface area contributed by atoms with Crippen LogP contribution in [0.25, 0.3) is 0 Å². The number of hydrogen-bond acceptors (Lipinski definition) is 5. The highest BCUT2D eigenvalue weighted by molar-refractivity contribution is 7.89. The molecule has 2 aliphatic rings. The van der Waals surface area contributed by atoms with Gasteiger partial charge in [0.15, 0.2) is 0 Å². The van der Waals surface area contributed by atoms with E-state index in [9.17, 15) is 13.2 Å². The van der Waals surface area contributed by atoms with Gasteiger partial charge in [0.25, 0.3) is 0 Å². The second-order valence-electron chi connectivity index (χ2n) is 6.14. The zero-order valence-electron chi connectivity index (χ0n) is 13.1. The number of nitrogens with one attached hydrogen (secondary N) is 1. The van der Waals surface area contributed by atoms with Crippen LogP contribution in [0.2, 0.25) is 0 Å². The minimum atomic E-state index is -3.39. The van der Waals surface area contributed by atoms with Crippen molar-refractivity contribution < 1.29 is 17.9 Å². The van der Waals surface area contributed by atoms with Crippen molar-refractivity contribution >= 4 is 16.0 Å². The Balaban J connectivity index is 1.66. The Morgan fingerprint density at radius 1 is 1.30 bits per heavy atom. The Morgan fingerprint density at radius 3 is 2.74 bits per heavy atom. The Hall–Kier alpha value is -1.44. The molecule has 2 saturated heterocycles. The van der Waals surface area contributed by atoms with Crippen LogP contribution in [-0.2, 0) is 19.6 Å². The minimum Gasteiger partial charge on any atom is -0.468 e. The quantitative estimate of drug-likeness (QED) is 0.819. The van der Waals surface area contributed by atoms with Crippen molar-refractivity contribution in [1.29, 1.82) is 0 Å². The molecule has 2 heterocycles. The van der Waals surface area contributed by atoms with Crippen molar-refractivity contribution in [2.45, 2.75) is 30.1 Å². The maximum absolute atomic E-state index is 12.8. The van der Waals surface area contributed by atoms with Crippen molar-refractivity contribution in [3.8, 4) is 0 Å². The zero-order chi connectivity index (χ0) is 16.4. The summed E-state index contributed by atoms with van der Waals surface area (Å²) in [7, 11) is -2.07. The van der Waals surface area contributed by atoms with E-state index in [1.807, 2.05) is 30.3 Å². The van der Waals surface area contributed by atoms with Crippen molar-refractivity contribution in [3.05, 3.63) is 35.9 Å². The fourth-order valence-corrected chi connectivity index (χ4v) is 5.33. The van der Waals surface area contributed by atoms with Gasteiger partial charge in [-0.25, -0.2) is 12.7 Å². The van der Waals surface area contributed by atoms with E-state index in [2.05, 4.69) is 10.1 Å². The molecule has 3 rings (SSSR count). The molecule has 0 aromatic heterocycles. The smallest absolute Gasteiger partial charge is 0.322 e. The third kappa shape index (κ3) is 3.27. The molecule has 6 nitrogen and oxygen atoms in total. The predicted molar refractivity (Wildman–Crippen MR) is 86.5 cm³/mol. The molecule has 1 aromatic rings. The molecule has 126 valence electrons. The van der Waals surface area contributed by atoms with E-state index in [0.29, 0.717) is 19.6 Å². The molecule has 1 aromatic carbocycles. The van der Waals surface area contributed by atoms with Crippen LogP contribution in [0.1, 0.15) is 24.3 Å². The molecule has 0 spiro atoms. The molecule has 23 heavy (non-hydrogen) atoms. The number of nitrogens with zero attached hydrogens (tertiary/aromatic N) is 1. The Kier molecular flexibility index (Phi) is 4.70. The summed E-state index contributed by atoms with van der Waals surface area (Å²) in [4.78, 5) is 11.6. The van der Waals surface area contributed by atoms with Crippen LogP contribution in [0, 0.1) is 0 Å². The molecule has 7 heteroatoms. The van der Waals surface area contributed by atoms with E-state index in [1.165, 1.54) is 12.7 Å². The van der Waals surface area contributed by atoms with Gasteiger partial charge in [0.2, 0.25) is 10.0 Å². The largest absolute Gasteiger partial charge is 0.468 e. The molecule has 0 amide bonds. The van der Waals surface area contributed by atoms with Crippen LogP contribution in [-0.4, -0.2) is 56.7 Å². The summed E-state index contributed by atoms with van der Waals surface area (Å²) < 4.78 is 31.9. The van der Waals surface area contributed by atoms with E-state index in [1.54, 1.807) is 4.31 Å². The molecular formula is C16H22N2O4S. The number of benzene rings is 1.